The summed E-state index contributed by atoms with van der Waals surface area (Å²) in [6.07, 6.45) is 0.0825. The largest absolute Gasteiger partial charge is 0.469 e. The number of methoxy groups -OCH3 is 1. The van der Waals surface area contributed by atoms with E-state index < -0.39 is 16.8 Å². The van der Waals surface area contributed by atoms with Gasteiger partial charge in [0, 0.05) is 42.2 Å². The number of rotatable bonds is 5. The molecule has 2 unspecified atom stereocenters. The zero-order valence-corrected chi connectivity index (χ0v) is 12.6. The van der Waals surface area contributed by atoms with Crippen LogP contribution in [0.1, 0.15) is 13.3 Å². The van der Waals surface area contributed by atoms with Gasteiger partial charge in [-0.15, -0.1) is 0 Å². The maximum Gasteiger partial charge on any atom is 0.306 e. The summed E-state index contributed by atoms with van der Waals surface area (Å²) in [5, 5.41) is -0.358. The number of carbonyl (C=O) groups is 2. The third-order valence-corrected chi connectivity index (χ3v) is 4.85. The topological polar surface area (TPSA) is 66.9 Å². The summed E-state index contributed by atoms with van der Waals surface area (Å²) in [5.41, 5.74) is 0. The number of hydrogen-bond donors (Lipinski definition) is 0. The lowest BCUT2D eigenvalue weighted by molar-refractivity contribution is -0.140. The maximum absolute atomic E-state index is 12.0. The summed E-state index contributed by atoms with van der Waals surface area (Å²) in [7, 11) is 1.98. The minimum atomic E-state index is -1.33. The van der Waals surface area contributed by atoms with Crippen LogP contribution in [0, 0.1) is 0 Å². The van der Waals surface area contributed by atoms with Crippen molar-refractivity contribution in [2.45, 2.75) is 18.6 Å². The molecule has 1 heterocycles. The first-order valence-corrected chi connectivity index (χ1v) is 7.72. The number of carbonyl (C=O) groups excluding carboxylic acids is 2. The second-order valence-electron chi connectivity index (χ2n) is 4.80. The molecule has 2 atom stereocenters. The Hall–Kier alpha value is -0.950. The van der Waals surface area contributed by atoms with E-state index >= 15 is 0 Å². The van der Waals surface area contributed by atoms with Crippen LogP contribution in [0.5, 0.6) is 0 Å². The predicted octanol–water partition coefficient (Wildman–Crippen LogP) is -0.539. The van der Waals surface area contributed by atoms with Crippen LogP contribution in [0.15, 0.2) is 0 Å². The van der Waals surface area contributed by atoms with Crippen molar-refractivity contribution < 1.29 is 18.5 Å². The highest BCUT2D eigenvalue weighted by atomic mass is 32.2. The van der Waals surface area contributed by atoms with E-state index in [1.165, 1.54) is 7.11 Å². The fourth-order valence-corrected chi connectivity index (χ4v) is 2.85. The molecule has 0 spiro atoms. The van der Waals surface area contributed by atoms with Crippen LogP contribution in [0.4, 0.5) is 0 Å². The molecular formula is C12H22N2O4S. The van der Waals surface area contributed by atoms with Gasteiger partial charge in [0.25, 0.3) is 0 Å². The van der Waals surface area contributed by atoms with Crippen LogP contribution in [-0.4, -0.2) is 77.2 Å². The fourth-order valence-electron chi connectivity index (χ4n) is 1.82. The third-order valence-electron chi connectivity index (χ3n) is 3.25. The van der Waals surface area contributed by atoms with Crippen molar-refractivity contribution >= 4 is 22.7 Å². The Bertz CT molecular complexity index is 354. The van der Waals surface area contributed by atoms with Crippen molar-refractivity contribution in [1.82, 2.24) is 9.80 Å². The SMILES string of the molecule is COC(=O)CC(C)S(=O)CC(=O)N1CCN(C)CC1. The van der Waals surface area contributed by atoms with E-state index in [1.807, 2.05) is 7.05 Å². The van der Waals surface area contributed by atoms with Crippen LogP contribution in [-0.2, 0) is 25.1 Å². The van der Waals surface area contributed by atoms with Crippen molar-refractivity contribution in [1.29, 1.82) is 0 Å². The Morgan fingerprint density at radius 3 is 2.37 bits per heavy atom. The molecule has 0 N–H and O–H groups in total. The monoisotopic (exact) mass is 290 g/mol. The molecule has 0 radical (unpaired) electrons. The third kappa shape index (κ3) is 5.28. The molecule has 0 aliphatic carbocycles. The Morgan fingerprint density at radius 1 is 1.26 bits per heavy atom. The maximum atomic E-state index is 12.0. The molecular weight excluding hydrogens is 268 g/mol. The first kappa shape index (κ1) is 16.1. The second kappa shape index (κ2) is 7.59. The second-order valence-corrected chi connectivity index (χ2v) is 6.65. The van der Waals surface area contributed by atoms with Crippen molar-refractivity contribution in [3.63, 3.8) is 0 Å². The number of ether oxygens (including phenoxy) is 1. The fraction of sp³-hybridized carbons (Fsp3) is 0.833. The predicted molar refractivity (Wildman–Crippen MR) is 73.2 cm³/mol. The average molecular weight is 290 g/mol. The Balaban J connectivity index is 2.39. The summed E-state index contributed by atoms with van der Waals surface area (Å²) < 4.78 is 16.5. The number of esters is 1. The molecule has 7 heteroatoms. The standard InChI is InChI=1S/C12H22N2O4S/c1-10(8-12(16)18-3)19(17)9-11(15)14-6-4-13(2)5-7-14/h10H,4-9H2,1-3H3. The molecule has 0 aromatic carbocycles. The number of likely N-dealkylation sites (N-methyl/N-ethyl adjacent to an activating group) is 1. The van der Waals surface area contributed by atoms with E-state index in [2.05, 4.69) is 9.64 Å². The first-order valence-electron chi connectivity index (χ1n) is 6.34. The molecule has 1 aliphatic rings. The zero-order chi connectivity index (χ0) is 14.4. The molecule has 1 amide bonds. The summed E-state index contributed by atoms with van der Waals surface area (Å²) in [4.78, 5) is 27.0. The van der Waals surface area contributed by atoms with Gasteiger partial charge in [0.1, 0.15) is 5.75 Å². The average Bonchev–Trinajstić information content (AvgIpc) is 2.38. The number of piperazine rings is 1. The first-order chi connectivity index (χ1) is 8.93. The highest BCUT2D eigenvalue weighted by Crippen LogP contribution is 2.06. The molecule has 0 aromatic rings. The van der Waals surface area contributed by atoms with Crippen LogP contribution < -0.4 is 0 Å². The van der Waals surface area contributed by atoms with Crippen LogP contribution in [0.25, 0.3) is 0 Å². The molecule has 6 nitrogen and oxygen atoms in total. The van der Waals surface area contributed by atoms with Crippen molar-refractivity contribution in [3.05, 3.63) is 0 Å². The molecule has 1 aliphatic heterocycles. The molecule has 1 fully saturated rings. The quantitative estimate of drug-likeness (QED) is 0.636. The van der Waals surface area contributed by atoms with E-state index in [0.717, 1.165) is 13.1 Å². The van der Waals surface area contributed by atoms with Gasteiger partial charge < -0.3 is 14.5 Å². The molecule has 0 saturated carbocycles. The van der Waals surface area contributed by atoms with Gasteiger partial charge in [-0.3, -0.25) is 13.8 Å². The smallest absolute Gasteiger partial charge is 0.306 e. The van der Waals surface area contributed by atoms with Crippen LogP contribution >= 0.6 is 0 Å². The van der Waals surface area contributed by atoms with E-state index in [9.17, 15) is 13.8 Å². The lowest BCUT2D eigenvalue weighted by Crippen LogP contribution is -2.48. The lowest BCUT2D eigenvalue weighted by atomic mass is 10.3. The van der Waals surface area contributed by atoms with E-state index in [1.54, 1.807) is 11.8 Å². The van der Waals surface area contributed by atoms with Gasteiger partial charge >= 0.3 is 5.97 Å². The Morgan fingerprint density at radius 2 is 1.84 bits per heavy atom. The van der Waals surface area contributed by atoms with Crippen molar-refractivity contribution in [2.75, 3.05) is 46.1 Å². The molecule has 110 valence electrons. The van der Waals surface area contributed by atoms with E-state index in [-0.39, 0.29) is 23.3 Å². The lowest BCUT2D eigenvalue weighted by Gasteiger charge is -2.32. The van der Waals surface area contributed by atoms with Crippen molar-refractivity contribution in [3.8, 4) is 0 Å². The molecule has 1 saturated heterocycles. The summed E-state index contributed by atoms with van der Waals surface area (Å²) in [6, 6.07) is 0. The highest BCUT2D eigenvalue weighted by Gasteiger charge is 2.23. The van der Waals surface area contributed by atoms with E-state index in [4.69, 9.17) is 0 Å². The molecule has 0 bridgehead atoms. The van der Waals surface area contributed by atoms with Gasteiger partial charge in [-0.25, -0.2) is 0 Å². The summed E-state index contributed by atoms with van der Waals surface area (Å²) in [6.45, 7) is 4.74. The Kier molecular flexibility index (Phi) is 6.44. The number of nitrogens with zero attached hydrogens (tertiary/aromatic N) is 2. The minimum absolute atomic E-state index is 0.0120. The molecule has 19 heavy (non-hydrogen) atoms. The zero-order valence-electron chi connectivity index (χ0n) is 11.8. The Labute approximate surface area is 116 Å². The van der Waals surface area contributed by atoms with Crippen LogP contribution in [0.3, 0.4) is 0 Å². The number of amides is 1. The van der Waals surface area contributed by atoms with Crippen molar-refractivity contribution in [2.24, 2.45) is 0 Å². The van der Waals surface area contributed by atoms with Crippen LogP contribution in [0.2, 0.25) is 0 Å². The summed E-state index contributed by atoms with van der Waals surface area (Å²) in [5.74, 6) is -0.502. The minimum Gasteiger partial charge on any atom is -0.469 e. The normalized spacial score (nSPS) is 19.8. The van der Waals surface area contributed by atoms with Gasteiger partial charge in [0.05, 0.1) is 13.5 Å². The van der Waals surface area contributed by atoms with Gasteiger partial charge in [-0.2, -0.15) is 0 Å². The highest BCUT2D eigenvalue weighted by molar-refractivity contribution is 7.86. The molecule has 0 aromatic heterocycles. The van der Waals surface area contributed by atoms with Gasteiger partial charge in [-0.1, -0.05) is 6.92 Å². The molecule has 1 rings (SSSR count). The number of hydrogen-bond acceptors (Lipinski definition) is 5. The summed E-state index contributed by atoms with van der Waals surface area (Å²) >= 11 is 0. The van der Waals surface area contributed by atoms with Gasteiger partial charge in [0.2, 0.25) is 5.91 Å². The van der Waals surface area contributed by atoms with Gasteiger partial charge in [-0.05, 0) is 7.05 Å². The van der Waals surface area contributed by atoms with Gasteiger partial charge in [0.15, 0.2) is 0 Å². The van der Waals surface area contributed by atoms with E-state index in [0.29, 0.717) is 13.1 Å².